The summed E-state index contributed by atoms with van der Waals surface area (Å²) >= 11 is 5.83. The van der Waals surface area contributed by atoms with E-state index >= 15 is 0 Å². The fraction of sp³-hybridized carbons (Fsp3) is 0.412. The first-order valence-corrected chi connectivity index (χ1v) is 8.19. The maximum absolute atomic E-state index is 12.2. The zero-order chi connectivity index (χ0) is 16.1. The van der Waals surface area contributed by atoms with E-state index in [-0.39, 0.29) is 11.8 Å². The number of amides is 1. The van der Waals surface area contributed by atoms with Crippen LogP contribution in [0.2, 0.25) is 5.02 Å². The van der Waals surface area contributed by atoms with Gasteiger partial charge < -0.3 is 14.6 Å². The maximum Gasteiger partial charge on any atom is 0.223 e. The van der Waals surface area contributed by atoms with Crippen molar-refractivity contribution >= 4 is 17.5 Å². The Balaban J connectivity index is 1.34. The number of imidazole rings is 1. The predicted molar refractivity (Wildman–Crippen MR) is 88.2 cm³/mol. The summed E-state index contributed by atoms with van der Waals surface area (Å²) in [6.45, 7) is 2.41. The summed E-state index contributed by atoms with van der Waals surface area (Å²) in [6.07, 6.45) is 5.29. The summed E-state index contributed by atoms with van der Waals surface area (Å²) in [5.41, 5.74) is 2.21. The molecule has 3 rings (SSSR count). The molecule has 0 radical (unpaired) electrons. The molecule has 5 nitrogen and oxygen atoms in total. The van der Waals surface area contributed by atoms with E-state index in [9.17, 15) is 4.79 Å². The molecule has 1 N–H and O–H groups in total. The van der Waals surface area contributed by atoms with Gasteiger partial charge in [-0.1, -0.05) is 23.7 Å². The Morgan fingerprint density at radius 3 is 3.04 bits per heavy atom. The summed E-state index contributed by atoms with van der Waals surface area (Å²) in [4.78, 5) is 16.3. The third kappa shape index (κ3) is 4.33. The van der Waals surface area contributed by atoms with Gasteiger partial charge in [0.15, 0.2) is 0 Å². The first kappa shape index (κ1) is 16.0. The molecule has 2 heterocycles. The SMILES string of the molecule is O=C(NCCOCc1ccc(Cl)cc1)[C@H]1CCn2cncc2C1. The molecule has 6 heteroatoms. The molecule has 0 spiro atoms. The second-order valence-electron chi connectivity index (χ2n) is 5.74. The van der Waals surface area contributed by atoms with Crippen molar-refractivity contribution in [1.82, 2.24) is 14.9 Å². The maximum atomic E-state index is 12.2. The topological polar surface area (TPSA) is 56.1 Å². The van der Waals surface area contributed by atoms with Crippen LogP contribution in [0.3, 0.4) is 0 Å². The minimum atomic E-state index is 0.0375. The van der Waals surface area contributed by atoms with Crippen LogP contribution in [0.1, 0.15) is 17.7 Å². The number of aryl methyl sites for hydroxylation is 1. The highest BCUT2D eigenvalue weighted by Crippen LogP contribution is 2.19. The Morgan fingerprint density at radius 1 is 1.39 bits per heavy atom. The number of aromatic nitrogens is 2. The molecule has 1 aromatic heterocycles. The lowest BCUT2D eigenvalue weighted by atomic mass is 9.95. The van der Waals surface area contributed by atoms with Crippen LogP contribution in [-0.4, -0.2) is 28.6 Å². The van der Waals surface area contributed by atoms with Crippen molar-refractivity contribution in [2.75, 3.05) is 13.2 Å². The van der Waals surface area contributed by atoms with Crippen molar-refractivity contribution in [2.24, 2.45) is 5.92 Å². The number of nitrogens with one attached hydrogen (secondary N) is 1. The molecule has 0 fully saturated rings. The van der Waals surface area contributed by atoms with Crippen LogP contribution in [0.4, 0.5) is 0 Å². The van der Waals surface area contributed by atoms with Crippen LogP contribution in [0.15, 0.2) is 36.8 Å². The third-order valence-corrected chi connectivity index (χ3v) is 4.32. The van der Waals surface area contributed by atoms with Crippen molar-refractivity contribution in [2.45, 2.75) is 26.0 Å². The van der Waals surface area contributed by atoms with Gasteiger partial charge in [0.05, 0.1) is 19.5 Å². The molecule has 1 aliphatic heterocycles. The lowest BCUT2D eigenvalue weighted by Gasteiger charge is -2.22. The van der Waals surface area contributed by atoms with E-state index in [0.717, 1.165) is 35.7 Å². The van der Waals surface area contributed by atoms with E-state index < -0.39 is 0 Å². The highest BCUT2D eigenvalue weighted by Gasteiger charge is 2.24. The number of rotatable bonds is 6. The molecular weight excluding hydrogens is 314 g/mol. The van der Waals surface area contributed by atoms with E-state index in [1.807, 2.05) is 36.8 Å². The van der Waals surface area contributed by atoms with Gasteiger partial charge in [-0.2, -0.15) is 0 Å². The average Bonchev–Trinajstić information content (AvgIpc) is 3.03. The number of nitrogens with zero attached hydrogens (tertiary/aromatic N) is 2. The van der Waals surface area contributed by atoms with Gasteiger partial charge >= 0.3 is 0 Å². The smallest absolute Gasteiger partial charge is 0.223 e. The number of carbonyl (C=O) groups excluding carboxylic acids is 1. The third-order valence-electron chi connectivity index (χ3n) is 4.07. The fourth-order valence-electron chi connectivity index (χ4n) is 2.75. The first-order chi connectivity index (χ1) is 11.2. The number of benzene rings is 1. The van der Waals surface area contributed by atoms with Crippen molar-refractivity contribution < 1.29 is 9.53 Å². The number of ether oxygens (including phenoxy) is 1. The Labute approximate surface area is 140 Å². The highest BCUT2D eigenvalue weighted by atomic mass is 35.5. The zero-order valence-corrected chi connectivity index (χ0v) is 13.6. The number of halogens is 1. The van der Waals surface area contributed by atoms with Gasteiger partial charge in [-0.15, -0.1) is 0 Å². The normalized spacial score (nSPS) is 16.8. The second kappa shape index (κ2) is 7.62. The van der Waals surface area contributed by atoms with Crippen LogP contribution in [-0.2, 0) is 29.1 Å². The molecule has 1 aliphatic rings. The first-order valence-electron chi connectivity index (χ1n) is 7.81. The molecule has 0 aliphatic carbocycles. The van der Waals surface area contributed by atoms with Crippen molar-refractivity contribution in [3.05, 3.63) is 53.1 Å². The Kier molecular flexibility index (Phi) is 5.31. The summed E-state index contributed by atoms with van der Waals surface area (Å²) in [5, 5.41) is 3.67. The molecule has 2 aromatic rings. The van der Waals surface area contributed by atoms with Gasteiger partial charge in [-0.25, -0.2) is 4.98 Å². The molecule has 1 aromatic carbocycles. The largest absolute Gasteiger partial charge is 0.375 e. The summed E-state index contributed by atoms with van der Waals surface area (Å²) in [6, 6.07) is 7.56. The van der Waals surface area contributed by atoms with E-state index in [1.165, 1.54) is 0 Å². The molecular formula is C17H20ClN3O2. The van der Waals surface area contributed by atoms with Crippen molar-refractivity contribution in [3.63, 3.8) is 0 Å². The number of carbonyl (C=O) groups is 1. The van der Waals surface area contributed by atoms with Crippen LogP contribution in [0, 0.1) is 5.92 Å². The van der Waals surface area contributed by atoms with E-state index in [4.69, 9.17) is 16.3 Å². The molecule has 0 unspecified atom stereocenters. The predicted octanol–water partition coefficient (Wildman–Crippen LogP) is 2.43. The van der Waals surface area contributed by atoms with Gasteiger partial charge in [-0.05, 0) is 24.1 Å². The lowest BCUT2D eigenvalue weighted by molar-refractivity contribution is -0.125. The van der Waals surface area contributed by atoms with Crippen LogP contribution in [0.25, 0.3) is 0 Å². The monoisotopic (exact) mass is 333 g/mol. The summed E-state index contributed by atoms with van der Waals surface area (Å²) in [5.74, 6) is 0.142. The van der Waals surface area contributed by atoms with Crippen LogP contribution in [0.5, 0.6) is 0 Å². The zero-order valence-electron chi connectivity index (χ0n) is 12.9. The average molecular weight is 334 g/mol. The van der Waals surface area contributed by atoms with Gasteiger partial charge in [0.2, 0.25) is 5.91 Å². The molecule has 0 bridgehead atoms. The Hall–Kier alpha value is -1.85. The quantitative estimate of drug-likeness (QED) is 0.826. The Morgan fingerprint density at radius 2 is 2.22 bits per heavy atom. The fourth-order valence-corrected chi connectivity index (χ4v) is 2.88. The van der Waals surface area contributed by atoms with Gasteiger partial charge in [0.1, 0.15) is 0 Å². The molecule has 122 valence electrons. The lowest BCUT2D eigenvalue weighted by Crippen LogP contribution is -2.36. The van der Waals surface area contributed by atoms with Crippen LogP contribution < -0.4 is 5.32 Å². The molecule has 0 saturated heterocycles. The Bertz CT molecular complexity index is 654. The van der Waals surface area contributed by atoms with Crippen LogP contribution >= 0.6 is 11.6 Å². The molecule has 1 atom stereocenters. The number of hydrogen-bond acceptors (Lipinski definition) is 3. The highest BCUT2D eigenvalue weighted by molar-refractivity contribution is 6.30. The van der Waals surface area contributed by atoms with Gasteiger partial charge in [0, 0.05) is 42.3 Å². The minimum absolute atomic E-state index is 0.0375. The van der Waals surface area contributed by atoms with Gasteiger partial charge in [-0.3, -0.25) is 4.79 Å². The minimum Gasteiger partial charge on any atom is -0.375 e. The van der Waals surface area contributed by atoms with Crippen molar-refractivity contribution in [3.8, 4) is 0 Å². The van der Waals surface area contributed by atoms with E-state index in [0.29, 0.717) is 19.8 Å². The summed E-state index contributed by atoms with van der Waals surface area (Å²) in [7, 11) is 0. The molecule has 1 amide bonds. The number of hydrogen-bond donors (Lipinski definition) is 1. The summed E-state index contributed by atoms with van der Waals surface area (Å²) < 4.78 is 7.68. The standard InChI is InChI=1S/C17H20ClN3O2/c18-15-3-1-13(2-4-15)11-23-8-6-20-17(22)14-5-7-21-12-19-10-16(21)9-14/h1-4,10,12,14H,5-9,11H2,(H,20,22)/t14-/m0/s1. The molecule has 0 saturated carbocycles. The van der Waals surface area contributed by atoms with E-state index in [2.05, 4.69) is 14.9 Å². The second-order valence-corrected chi connectivity index (χ2v) is 6.17. The molecule has 23 heavy (non-hydrogen) atoms. The number of fused-ring (bicyclic) bond motifs is 1. The van der Waals surface area contributed by atoms with Gasteiger partial charge in [0.25, 0.3) is 0 Å². The van der Waals surface area contributed by atoms with E-state index in [1.54, 1.807) is 0 Å². The van der Waals surface area contributed by atoms with Crippen molar-refractivity contribution in [1.29, 1.82) is 0 Å².